The highest BCUT2D eigenvalue weighted by Gasteiger charge is 2.20. The lowest BCUT2D eigenvalue weighted by molar-refractivity contribution is -0.142. The Morgan fingerprint density at radius 1 is 1.00 bits per heavy atom. The van der Waals surface area contributed by atoms with Crippen LogP contribution in [0.5, 0.6) is 5.75 Å². The molecule has 2 rings (SSSR count). The molecular formula is C21H25NO4. The molecule has 138 valence electrons. The number of anilines is 1. The number of para-hydroxylation sites is 1. The zero-order valence-electron chi connectivity index (χ0n) is 16.0. The summed E-state index contributed by atoms with van der Waals surface area (Å²) in [5.41, 5.74) is 4.15. The average Bonchev–Trinajstić information content (AvgIpc) is 2.62. The minimum atomic E-state index is -0.444. The smallest absolute Gasteiger partial charge is 0.343 e. The van der Waals surface area contributed by atoms with Crippen LogP contribution in [0.3, 0.4) is 0 Å². The van der Waals surface area contributed by atoms with Gasteiger partial charge >= 0.3 is 5.97 Å². The molecule has 0 aromatic heterocycles. The van der Waals surface area contributed by atoms with Crippen LogP contribution >= 0.6 is 0 Å². The maximum Gasteiger partial charge on any atom is 0.343 e. The lowest BCUT2D eigenvalue weighted by atomic mass is 10.0. The normalized spacial score (nSPS) is 10.3. The molecule has 0 spiro atoms. The highest BCUT2D eigenvalue weighted by atomic mass is 16.6. The van der Waals surface area contributed by atoms with Crippen LogP contribution in [0.25, 0.3) is 0 Å². The van der Waals surface area contributed by atoms with Crippen LogP contribution in [-0.4, -0.2) is 32.1 Å². The second-order valence-corrected chi connectivity index (χ2v) is 6.14. The van der Waals surface area contributed by atoms with E-state index in [0.717, 1.165) is 22.4 Å². The van der Waals surface area contributed by atoms with E-state index >= 15 is 0 Å². The Morgan fingerprint density at radius 3 is 2.15 bits per heavy atom. The SMILES string of the molecule is CCN(C(=O)c1cc(C)c(OCC(=O)OC)c(C)c1)c1ccccc1C. The molecule has 0 N–H and O–H groups in total. The van der Waals surface area contributed by atoms with Gasteiger partial charge < -0.3 is 14.4 Å². The van der Waals surface area contributed by atoms with Gasteiger partial charge in [-0.25, -0.2) is 4.79 Å². The Bertz CT molecular complexity index is 790. The fourth-order valence-corrected chi connectivity index (χ4v) is 2.94. The van der Waals surface area contributed by atoms with Gasteiger partial charge in [0, 0.05) is 17.8 Å². The number of carbonyl (C=O) groups is 2. The second kappa shape index (κ2) is 8.52. The van der Waals surface area contributed by atoms with Crippen LogP contribution in [0.15, 0.2) is 36.4 Å². The van der Waals surface area contributed by atoms with Crippen LogP contribution in [0.1, 0.15) is 34.0 Å². The van der Waals surface area contributed by atoms with E-state index in [2.05, 4.69) is 4.74 Å². The van der Waals surface area contributed by atoms with Crippen molar-refractivity contribution in [3.05, 3.63) is 58.7 Å². The van der Waals surface area contributed by atoms with Crippen molar-refractivity contribution >= 4 is 17.6 Å². The molecule has 5 nitrogen and oxygen atoms in total. The maximum atomic E-state index is 13.1. The van der Waals surface area contributed by atoms with Crippen molar-refractivity contribution in [1.29, 1.82) is 0 Å². The van der Waals surface area contributed by atoms with Gasteiger partial charge in [0.25, 0.3) is 5.91 Å². The number of carbonyl (C=O) groups excluding carboxylic acids is 2. The lowest BCUT2D eigenvalue weighted by Crippen LogP contribution is -2.31. The number of ether oxygens (including phenoxy) is 2. The van der Waals surface area contributed by atoms with Gasteiger partial charge in [-0.15, -0.1) is 0 Å². The third-order valence-electron chi connectivity index (χ3n) is 4.24. The number of aryl methyl sites for hydroxylation is 3. The third-order valence-corrected chi connectivity index (χ3v) is 4.24. The van der Waals surface area contributed by atoms with Gasteiger partial charge in [-0.1, -0.05) is 18.2 Å². The number of benzene rings is 2. The molecule has 26 heavy (non-hydrogen) atoms. The predicted octanol–water partition coefficient (Wildman–Crippen LogP) is 3.83. The van der Waals surface area contributed by atoms with Crippen molar-refractivity contribution in [2.75, 3.05) is 25.2 Å². The van der Waals surface area contributed by atoms with E-state index < -0.39 is 5.97 Å². The highest BCUT2D eigenvalue weighted by molar-refractivity contribution is 6.06. The number of esters is 1. The van der Waals surface area contributed by atoms with Crippen molar-refractivity contribution in [3.63, 3.8) is 0 Å². The Hall–Kier alpha value is -2.82. The monoisotopic (exact) mass is 355 g/mol. The van der Waals surface area contributed by atoms with E-state index in [1.165, 1.54) is 7.11 Å². The zero-order chi connectivity index (χ0) is 19.3. The molecule has 2 aromatic rings. The maximum absolute atomic E-state index is 13.1. The van der Waals surface area contributed by atoms with E-state index in [1.807, 2.05) is 52.0 Å². The number of nitrogens with zero attached hydrogens (tertiary/aromatic N) is 1. The highest BCUT2D eigenvalue weighted by Crippen LogP contribution is 2.27. The summed E-state index contributed by atoms with van der Waals surface area (Å²) in [6, 6.07) is 11.4. The summed E-state index contributed by atoms with van der Waals surface area (Å²) in [5.74, 6) is 0.0964. The molecule has 0 saturated carbocycles. The molecule has 5 heteroatoms. The molecule has 1 amide bonds. The summed E-state index contributed by atoms with van der Waals surface area (Å²) >= 11 is 0. The average molecular weight is 355 g/mol. The molecule has 0 unspecified atom stereocenters. The van der Waals surface area contributed by atoms with Crippen molar-refractivity contribution in [2.45, 2.75) is 27.7 Å². The standard InChI is InChI=1S/C21H25NO4/c1-6-22(18-10-8-7-9-14(18)2)21(24)17-11-15(3)20(16(4)12-17)26-13-19(23)25-5/h7-12H,6,13H2,1-5H3. The second-order valence-electron chi connectivity index (χ2n) is 6.14. The fourth-order valence-electron chi connectivity index (χ4n) is 2.94. The first-order chi connectivity index (χ1) is 12.4. The Balaban J connectivity index is 2.31. The van der Waals surface area contributed by atoms with Crippen LogP contribution in [0.4, 0.5) is 5.69 Å². The molecule has 0 fully saturated rings. The van der Waals surface area contributed by atoms with Crippen molar-refractivity contribution < 1.29 is 19.1 Å². The summed E-state index contributed by atoms with van der Waals surface area (Å²) in [4.78, 5) is 26.1. The summed E-state index contributed by atoms with van der Waals surface area (Å²) < 4.78 is 10.1. The van der Waals surface area contributed by atoms with Gasteiger partial charge in [0.05, 0.1) is 7.11 Å². The topological polar surface area (TPSA) is 55.8 Å². The summed E-state index contributed by atoms with van der Waals surface area (Å²) in [7, 11) is 1.32. The van der Waals surface area contributed by atoms with E-state index in [9.17, 15) is 9.59 Å². The molecule has 0 aliphatic carbocycles. The largest absolute Gasteiger partial charge is 0.481 e. The van der Waals surface area contributed by atoms with E-state index in [0.29, 0.717) is 17.9 Å². The first-order valence-electron chi connectivity index (χ1n) is 8.57. The minimum absolute atomic E-state index is 0.0625. The molecule has 0 aliphatic heterocycles. The lowest BCUT2D eigenvalue weighted by Gasteiger charge is -2.24. The van der Waals surface area contributed by atoms with Crippen LogP contribution in [0, 0.1) is 20.8 Å². The quantitative estimate of drug-likeness (QED) is 0.739. The molecular weight excluding hydrogens is 330 g/mol. The van der Waals surface area contributed by atoms with Gasteiger partial charge in [-0.05, 0) is 62.6 Å². The van der Waals surface area contributed by atoms with Gasteiger partial charge in [0.2, 0.25) is 0 Å². The fraction of sp³-hybridized carbons (Fsp3) is 0.333. The summed E-state index contributed by atoms with van der Waals surface area (Å²) in [5, 5.41) is 0. The van der Waals surface area contributed by atoms with Crippen molar-refractivity contribution in [3.8, 4) is 5.75 Å². The molecule has 0 radical (unpaired) electrons. The molecule has 0 atom stereocenters. The Labute approximate surface area is 154 Å². The third kappa shape index (κ3) is 4.23. The molecule has 0 saturated heterocycles. The van der Waals surface area contributed by atoms with Gasteiger partial charge in [-0.3, -0.25) is 4.79 Å². The predicted molar refractivity (Wildman–Crippen MR) is 102 cm³/mol. The summed E-state index contributed by atoms with van der Waals surface area (Å²) in [6.45, 7) is 8.09. The zero-order valence-corrected chi connectivity index (χ0v) is 16.0. The van der Waals surface area contributed by atoms with Crippen LogP contribution < -0.4 is 9.64 Å². The first-order valence-corrected chi connectivity index (χ1v) is 8.57. The number of methoxy groups -OCH3 is 1. The Morgan fingerprint density at radius 2 is 1.62 bits per heavy atom. The van der Waals surface area contributed by atoms with Crippen LogP contribution in [0.2, 0.25) is 0 Å². The van der Waals surface area contributed by atoms with Crippen molar-refractivity contribution in [1.82, 2.24) is 0 Å². The molecule has 0 aliphatic rings. The minimum Gasteiger partial charge on any atom is -0.481 e. The van der Waals surface area contributed by atoms with Gasteiger partial charge in [0.1, 0.15) is 5.75 Å². The van der Waals surface area contributed by atoms with Gasteiger partial charge in [-0.2, -0.15) is 0 Å². The Kier molecular flexibility index (Phi) is 6.39. The first kappa shape index (κ1) is 19.5. The van der Waals surface area contributed by atoms with E-state index in [4.69, 9.17) is 4.74 Å². The van der Waals surface area contributed by atoms with Crippen molar-refractivity contribution in [2.24, 2.45) is 0 Å². The van der Waals surface area contributed by atoms with E-state index in [-0.39, 0.29) is 12.5 Å². The summed E-state index contributed by atoms with van der Waals surface area (Å²) in [6.07, 6.45) is 0. The van der Waals surface area contributed by atoms with E-state index in [1.54, 1.807) is 17.0 Å². The number of amides is 1. The molecule has 2 aromatic carbocycles. The number of rotatable bonds is 6. The van der Waals surface area contributed by atoms with Crippen LogP contribution in [-0.2, 0) is 9.53 Å². The van der Waals surface area contributed by atoms with Gasteiger partial charge in [0.15, 0.2) is 6.61 Å². The number of hydrogen-bond donors (Lipinski definition) is 0. The molecule has 0 heterocycles. The number of hydrogen-bond acceptors (Lipinski definition) is 4. The molecule has 0 bridgehead atoms.